The molecule has 0 fully saturated rings. The van der Waals surface area contributed by atoms with Crippen LogP contribution >= 0.6 is 23.2 Å². The Morgan fingerprint density at radius 3 is 2.08 bits per heavy atom. The molecule has 13 heteroatoms. The van der Waals surface area contributed by atoms with Crippen molar-refractivity contribution in [3.8, 4) is 0 Å². The second-order valence-electron chi connectivity index (χ2n) is 12.4. The van der Waals surface area contributed by atoms with Crippen LogP contribution in [-0.4, -0.2) is 64.6 Å². The molecule has 0 spiro atoms. The lowest BCUT2D eigenvalue weighted by atomic mass is 10.0. The van der Waals surface area contributed by atoms with Crippen LogP contribution < -0.4 is 10.6 Å². The van der Waals surface area contributed by atoms with Crippen LogP contribution in [0.25, 0.3) is 0 Å². The fraction of sp³-hybridized carbons (Fsp3) is 0.343. The zero-order valence-corrected chi connectivity index (χ0v) is 29.1. The zero-order valence-electron chi connectivity index (χ0n) is 27.6. The predicted molar refractivity (Wildman–Crippen MR) is 183 cm³/mol. The second-order valence-corrected chi connectivity index (χ2v) is 13.2. The van der Waals surface area contributed by atoms with Gasteiger partial charge in [-0.3, -0.25) is 9.59 Å². The van der Waals surface area contributed by atoms with Crippen LogP contribution in [0.3, 0.4) is 0 Å². The molecule has 0 aliphatic carbocycles. The number of hydrogen-bond acceptors (Lipinski definition) is 7. The molecule has 0 aliphatic heterocycles. The summed E-state index contributed by atoms with van der Waals surface area (Å²) in [4.78, 5) is 64.5. The van der Waals surface area contributed by atoms with Gasteiger partial charge in [-0.25, -0.2) is 14.4 Å². The number of rotatable bonds is 12. The van der Waals surface area contributed by atoms with E-state index < -0.39 is 47.6 Å². The number of carbonyl (C=O) groups excluding carboxylic acids is 4. The van der Waals surface area contributed by atoms with E-state index in [0.29, 0.717) is 22.4 Å². The smallest absolute Gasteiger partial charge is 0.410 e. The fourth-order valence-corrected chi connectivity index (χ4v) is 5.11. The molecule has 3 aromatic carbocycles. The SMILES string of the molecule is CC(C)OC(=O)[C@H](Cc1ccc(NC(=O)Cc2ccc(CN(C)C(=O)OC(C)(C)C)cc2C(=O)O)cc1)NC(=O)c1c(Cl)cccc1Cl. The quantitative estimate of drug-likeness (QED) is 0.181. The number of carboxylic acids is 1. The van der Waals surface area contributed by atoms with E-state index >= 15 is 0 Å². The highest BCUT2D eigenvalue weighted by Gasteiger charge is 2.26. The average molecular weight is 701 g/mol. The highest BCUT2D eigenvalue weighted by molar-refractivity contribution is 6.39. The number of benzene rings is 3. The third-order valence-corrected chi connectivity index (χ3v) is 7.32. The molecule has 11 nitrogen and oxygen atoms in total. The van der Waals surface area contributed by atoms with E-state index in [0.717, 1.165) is 0 Å². The first-order chi connectivity index (χ1) is 22.4. The van der Waals surface area contributed by atoms with Gasteiger partial charge in [-0.15, -0.1) is 0 Å². The minimum atomic E-state index is -1.21. The molecule has 0 unspecified atom stereocenters. The summed E-state index contributed by atoms with van der Waals surface area (Å²) in [6.07, 6.45) is -1.11. The van der Waals surface area contributed by atoms with Gasteiger partial charge in [-0.1, -0.05) is 53.5 Å². The van der Waals surface area contributed by atoms with Gasteiger partial charge in [0.05, 0.1) is 33.7 Å². The van der Waals surface area contributed by atoms with E-state index in [1.807, 2.05) is 0 Å². The minimum absolute atomic E-state index is 0.0371. The van der Waals surface area contributed by atoms with Crippen molar-refractivity contribution in [2.24, 2.45) is 0 Å². The average Bonchev–Trinajstić information content (AvgIpc) is 2.97. The first kappa shape index (κ1) is 37.8. The molecule has 48 heavy (non-hydrogen) atoms. The molecule has 0 saturated heterocycles. The van der Waals surface area contributed by atoms with Gasteiger partial charge in [0.15, 0.2) is 0 Å². The lowest BCUT2D eigenvalue weighted by Crippen LogP contribution is -2.44. The van der Waals surface area contributed by atoms with E-state index in [1.165, 1.54) is 23.1 Å². The van der Waals surface area contributed by atoms with Gasteiger partial charge < -0.3 is 30.1 Å². The molecule has 0 radical (unpaired) electrons. The van der Waals surface area contributed by atoms with Crippen LogP contribution in [0.1, 0.15) is 72.0 Å². The van der Waals surface area contributed by atoms with Gasteiger partial charge in [-0.2, -0.15) is 0 Å². The van der Waals surface area contributed by atoms with E-state index in [1.54, 1.807) is 84.1 Å². The Morgan fingerprint density at radius 1 is 0.917 bits per heavy atom. The molecule has 0 bridgehead atoms. The van der Waals surface area contributed by atoms with Gasteiger partial charge in [0.2, 0.25) is 5.91 Å². The summed E-state index contributed by atoms with van der Waals surface area (Å²) in [5.74, 6) is -2.94. The number of halogens is 2. The number of anilines is 1. The van der Waals surface area contributed by atoms with Gasteiger partial charge in [-0.05, 0) is 81.6 Å². The summed E-state index contributed by atoms with van der Waals surface area (Å²) in [6.45, 7) is 8.75. The Labute approximate surface area is 289 Å². The Bertz CT molecular complexity index is 1650. The van der Waals surface area contributed by atoms with Crippen molar-refractivity contribution in [1.82, 2.24) is 10.2 Å². The molecular formula is C35H39Cl2N3O8. The Morgan fingerprint density at radius 2 is 1.52 bits per heavy atom. The van der Waals surface area contributed by atoms with Crippen LogP contribution in [0.2, 0.25) is 10.0 Å². The molecule has 3 rings (SSSR count). The first-order valence-electron chi connectivity index (χ1n) is 15.1. The maximum atomic E-state index is 13.0. The summed E-state index contributed by atoms with van der Waals surface area (Å²) in [5, 5.41) is 15.5. The topological polar surface area (TPSA) is 151 Å². The summed E-state index contributed by atoms with van der Waals surface area (Å²) in [5.41, 5.74) is 1.24. The first-order valence-corrected chi connectivity index (χ1v) is 15.8. The standard InChI is InChI=1S/C35H39Cl2N3O8/c1-20(2)47-33(45)28(39-31(42)30-26(36)8-7-9-27(30)37)17-21-11-14-24(15-12-21)38-29(41)18-23-13-10-22(16-25(23)32(43)44)19-40(6)34(46)48-35(3,4)5/h7-16,20,28H,17-19H2,1-6H3,(H,38,41)(H,39,42)(H,43,44)/t28-/m0/s1. The van der Waals surface area contributed by atoms with E-state index in [-0.39, 0.29) is 40.6 Å². The highest BCUT2D eigenvalue weighted by atomic mass is 35.5. The highest BCUT2D eigenvalue weighted by Crippen LogP contribution is 2.25. The number of ether oxygens (including phenoxy) is 2. The molecule has 0 saturated carbocycles. The summed E-state index contributed by atoms with van der Waals surface area (Å²) >= 11 is 12.4. The van der Waals surface area contributed by atoms with Crippen LogP contribution in [0, 0.1) is 0 Å². The number of carbonyl (C=O) groups is 5. The van der Waals surface area contributed by atoms with E-state index in [2.05, 4.69) is 10.6 Å². The molecule has 3 N–H and O–H groups in total. The lowest BCUT2D eigenvalue weighted by Gasteiger charge is -2.24. The lowest BCUT2D eigenvalue weighted by molar-refractivity contribution is -0.149. The number of esters is 1. The van der Waals surface area contributed by atoms with Crippen molar-refractivity contribution in [3.63, 3.8) is 0 Å². The van der Waals surface area contributed by atoms with Gasteiger partial charge >= 0.3 is 18.0 Å². The molecule has 0 aromatic heterocycles. The van der Waals surface area contributed by atoms with Crippen LogP contribution in [0.5, 0.6) is 0 Å². The summed E-state index contributed by atoms with van der Waals surface area (Å²) < 4.78 is 10.7. The second kappa shape index (κ2) is 16.5. The van der Waals surface area contributed by atoms with Crippen molar-refractivity contribution >= 4 is 58.7 Å². The monoisotopic (exact) mass is 699 g/mol. The van der Waals surface area contributed by atoms with Crippen LogP contribution in [-0.2, 0) is 38.4 Å². The predicted octanol–water partition coefficient (Wildman–Crippen LogP) is 6.53. The van der Waals surface area contributed by atoms with Crippen molar-refractivity contribution < 1.29 is 38.6 Å². The number of aromatic carboxylic acids is 1. The molecule has 0 heterocycles. The van der Waals surface area contributed by atoms with Crippen molar-refractivity contribution in [2.75, 3.05) is 12.4 Å². The zero-order chi connectivity index (χ0) is 35.8. The van der Waals surface area contributed by atoms with Crippen LogP contribution in [0.4, 0.5) is 10.5 Å². The molecule has 256 valence electrons. The fourth-order valence-electron chi connectivity index (χ4n) is 4.54. The number of nitrogens with one attached hydrogen (secondary N) is 2. The largest absolute Gasteiger partial charge is 0.478 e. The van der Waals surface area contributed by atoms with E-state index in [9.17, 15) is 29.1 Å². The third-order valence-electron chi connectivity index (χ3n) is 6.69. The van der Waals surface area contributed by atoms with Crippen molar-refractivity contribution in [1.29, 1.82) is 0 Å². The third kappa shape index (κ3) is 11.3. The molecule has 3 aromatic rings. The molecular weight excluding hydrogens is 661 g/mol. The Balaban J connectivity index is 1.68. The molecule has 3 amide bonds. The number of nitrogens with zero attached hydrogens (tertiary/aromatic N) is 1. The van der Waals surface area contributed by atoms with Gasteiger partial charge in [0, 0.05) is 25.7 Å². The summed E-state index contributed by atoms with van der Waals surface area (Å²) in [6, 6.07) is 14.8. The number of carboxylic acid groups (broad SMARTS) is 1. The molecule has 0 aliphatic rings. The normalized spacial score (nSPS) is 11.8. The van der Waals surface area contributed by atoms with Crippen molar-refractivity contribution in [2.45, 2.75) is 71.8 Å². The minimum Gasteiger partial charge on any atom is -0.478 e. The van der Waals surface area contributed by atoms with Gasteiger partial charge in [0.25, 0.3) is 5.91 Å². The number of amides is 3. The van der Waals surface area contributed by atoms with Gasteiger partial charge in [0.1, 0.15) is 11.6 Å². The Kier molecular flexibility index (Phi) is 13.0. The van der Waals surface area contributed by atoms with Crippen molar-refractivity contribution in [3.05, 3.63) is 98.5 Å². The van der Waals surface area contributed by atoms with E-state index in [4.69, 9.17) is 32.7 Å². The van der Waals surface area contributed by atoms with Crippen LogP contribution in [0.15, 0.2) is 60.7 Å². The summed E-state index contributed by atoms with van der Waals surface area (Å²) in [7, 11) is 1.55. The number of hydrogen-bond donors (Lipinski definition) is 3. The Hall–Kier alpha value is -4.61. The maximum absolute atomic E-state index is 13.0. The molecule has 1 atom stereocenters. The maximum Gasteiger partial charge on any atom is 0.410 e.